The van der Waals surface area contributed by atoms with Crippen molar-refractivity contribution in [3.63, 3.8) is 0 Å². The van der Waals surface area contributed by atoms with E-state index in [2.05, 4.69) is 16.8 Å². The fraction of sp³-hybridized carbons (Fsp3) is 0.733. The number of halogens is 2. The van der Waals surface area contributed by atoms with Gasteiger partial charge in [0, 0.05) is 44.7 Å². The second kappa shape index (κ2) is 10.9. The SMILES string of the molecule is C=CCNC(=O)CN1CCN(C(=O)C2CCC(N)C2)CC1.Cl.Cl. The van der Waals surface area contributed by atoms with Crippen molar-refractivity contribution in [2.75, 3.05) is 39.3 Å². The van der Waals surface area contributed by atoms with E-state index in [1.54, 1.807) is 6.08 Å². The average Bonchev–Trinajstić information content (AvgIpc) is 2.92. The topological polar surface area (TPSA) is 78.7 Å². The molecule has 2 atom stereocenters. The molecule has 8 heteroatoms. The number of amides is 2. The van der Waals surface area contributed by atoms with Gasteiger partial charge >= 0.3 is 0 Å². The molecule has 2 amide bonds. The van der Waals surface area contributed by atoms with Crippen LogP contribution in [0.15, 0.2) is 12.7 Å². The molecule has 0 spiro atoms. The number of hydrogen-bond acceptors (Lipinski definition) is 4. The summed E-state index contributed by atoms with van der Waals surface area (Å²) in [5, 5.41) is 2.77. The van der Waals surface area contributed by atoms with E-state index >= 15 is 0 Å². The smallest absolute Gasteiger partial charge is 0.234 e. The third kappa shape index (κ3) is 6.67. The Labute approximate surface area is 150 Å². The normalized spacial score (nSPS) is 24.3. The molecule has 1 saturated heterocycles. The van der Waals surface area contributed by atoms with Gasteiger partial charge in [0.05, 0.1) is 6.54 Å². The fourth-order valence-corrected chi connectivity index (χ4v) is 3.07. The van der Waals surface area contributed by atoms with Crippen LogP contribution in [0, 0.1) is 5.92 Å². The molecule has 2 fully saturated rings. The Morgan fingerprint density at radius 1 is 1.17 bits per heavy atom. The molecular weight excluding hydrogens is 339 g/mol. The van der Waals surface area contributed by atoms with E-state index in [0.717, 1.165) is 32.4 Å². The zero-order valence-corrected chi connectivity index (χ0v) is 15.0. The van der Waals surface area contributed by atoms with Crippen molar-refractivity contribution in [2.24, 2.45) is 11.7 Å². The minimum absolute atomic E-state index is 0. The van der Waals surface area contributed by atoms with E-state index in [4.69, 9.17) is 5.73 Å². The van der Waals surface area contributed by atoms with Crippen molar-refractivity contribution in [1.29, 1.82) is 0 Å². The van der Waals surface area contributed by atoms with Gasteiger partial charge in [0.25, 0.3) is 0 Å². The van der Waals surface area contributed by atoms with Gasteiger partial charge in [0.2, 0.25) is 11.8 Å². The zero-order valence-electron chi connectivity index (χ0n) is 13.4. The lowest BCUT2D eigenvalue weighted by Crippen LogP contribution is -2.52. The van der Waals surface area contributed by atoms with E-state index in [9.17, 15) is 9.59 Å². The Morgan fingerprint density at radius 2 is 1.83 bits per heavy atom. The zero-order chi connectivity index (χ0) is 15.2. The van der Waals surface area contributed by atoms with E-state index in [0.29, 0.717) is 26.2 Å². The number of carbonyl (C=O) groups excluding carboxylic acids is 2. The summed E-state index contributed by atoms with van der Waals surface area (Å²) in [6, 6.07) is 0.189. The van der Waals surface area contributed by atoms with Gasteiger partial charge in [-0.15, -0.1) is 31.4 Å². The standard InChI is InChI=1S/C15H26N4O2.2ClH/c1-2-5-17-14(20)11-18-6-8-19(9-7-18)15(21)12-3-4-13(16)10-12;;/h2,12-13H,1,3-11,16H2,(H,17,20);2*1H. The van der Waals surface area contributed by atoms with Crippen molar-refractivity contribution in [2.45, 2.75) is 25.3 Å². The molecule has 1 saturated carbocycles. The molecule has 6 nitrogen and oxygen atoms in total. The maximum atomic E-state index is 12.4. The predicted molar refractivity (Wildman–Crippen MR) is 96.0 cm³/mol. The monoisotopic (exact) mass is 366 g/mol. The van der Waals surface area contributed by atoms with E-state index in [1.807, 2.05) is 4.90 Å². The van der Waals surface area contributed by atoms with Crippen molar-refractivity contribution in [1.82, 2.24) is 15.1 Å². The molecule has 134 valence electrons. The van der Waals surface area contributed by atoms with E-state index in [1.165, 1.54) is 0 Å². The molecule has 0 aromatic rings. The summed E-state index contributed by atoms with van der Waals surface area (Å²) in [5.74, 6) is 0.373. The van der Waals surface area contributed by atoms with Crippen LogP contribution in [-0.2, 0) is 9.59 Å². The quantitative estimate of drug-likeness (QED) is 0.690. The van der Waals surface area contributed by atoms with E-state index in [-0.39, 0.29) is 48.6 Å². The number of carbonyl (C=O) groups is 2. The molecule has 1 heterocycles. The van der Waals surface area contributed by atoms with Gasteiger partial charge < -0.3 is 16.0 Å². The van der Waals surface area contributed by atoms with Crippen molar-refractivity contribution in [3.05, 3.63) is 12.7 Å². The van der Waals surface area contributed by atoms with E-state index < -0.39 is 0 Å². The number of nitrogens with two attached hydrogens (primary N) is 1. The van der Waals surface area contributed by atoms with Crippen LogP contribution in [0.25, 0.3) is 0 Å². The summed E-state index contributed by atoms with van der Waals surface area (Å²) in [6.45, 7) is 7.39. The molecule has 2 unspecified atom stereocenters. The Balaban J connectivity index is 0.00000242. The van der Waals surface area contributed by atoms with Gasteiger partial charge in [0.15, 0.2) is 0 Å². The summed E-state index contributed by atoms with van der Waals surface area (Å²) in [4.78, 5) is 28.0. The third-order valence-corrected chi connectivity index (χ3v) is 4.32. The highest BCUT2D eigenvalue weighted by molar-refractivity contribution is 5.85. The summed E-state index contributed by atoms with van der Waals surface area (Å²) in [5.41, 5.74) is 5.88. The van der Waals surface area contributed by atoms with Crippen LogP contribution >= 0.6 is 24.8 Å². The molecule has 0 radical (unpaired) electrons. The molecule has 0 bridgehead atoms. The summed E-state index contributed by atoms with van der Waals surface area (Å²) in [7, 11) is 0. The van der Waals surface area contributed by atoms with Crippen LogP contribution in [0.4, 0.5) is 0 Å². The van der Waals surface area contributed by atoms with Crippen LogP contribution in [0.3, 0.4) is 0 Å². The van der Waals surface area contributed by atoms with Crippen LogP contribution in [-0.4, -0.2) is 66.9 Å². The molecule has 1 aliphatic carbocycles. The minimum Gasteiger partial charge on any atom is -0.352 e. The summed E-state index contributed by atoms with van der Waals surface area (Å²) < 4.78 is 0. The maximum absolute atomic E-state index is 12.4. The van der Waals surface area contributed by atoms with Gasteiger partial charge in [-0.2, -0.15) is 0 Å². The minimum atomic E-state index is 0. The molecule has 0 aromatic heterocycles. The number of rotatable bonds is 5. The van der Waals surface area contributed by atoms with Gasteiger partial charge in [-0.25, -0.2) is 0 Å². The second-order valence-electron chi connectivity index (χ2n) is 5.96. The largest absolute Gasteiger partial charge is 0.352 e. The Bertz CT molecular complexity index is 401. The summed E-state index contributed by atoms with van der Waals surface area (Å²) >= 11 is 0. The van der Waals surface area contributed by atoms with Gasteiger partial charge in [-0.1, -0.05) is 6.08 Å². The Morgan fingerprint density at radius 3 is 2.35 bits per heavy atom. The maximum Gasteiger partial charge on any atom is 0.234 e. The van der Waals surface area contributed by atoms with Gasteiger partial charge in [0.1, 0.15) is 0 Å². The lowest BCUT2D eigenvalue weighted by molar-refractivity contribution is -0.137. The first kappa shape index (κ1) is 22.2. The van der Waals surface area contributed by atoms with Crippen LogP contribution in [0.1, 0.15) is 19.3 Å². The van der Waals surface area contributed by atoms with Gasteiger partial charge in [-0.3, -0.25) is 14.5 Å². The highest BCUT2D eigenvalue weighted by Crippen LogP contribution is 2.26. The molecule has 23 heavy (non-hydrogen) atoms. The Kier molecular flexibility index (Phi) is 10.5. The molecule has 0 aromatic carbocycles. The van der Waals surface area contributed by atoms with Gasteiger partial charge in [-0.05, 0) is 19.3 Å². The molecule has 2 aliphatic rings. The second-order valence-corrected chi connectivity index (χ2v) is 5.96. The summed E-state index contributed by atoms with van der Waals surface area (Å²) in [6.07, 6.45) is 4.37. The molecule has 3 N–H and O–H groups in total. The van der Waals surface area contributed by atoms with Crippen molar-refractivity contribution in [3.8, 4) is 0 Å². The lowest BCUT2D eigenvalue weighted by Gasteiger charge is -2.35. The highest BCUT2D eigenvalue weighted by atomic mass is 35.5. The fourth-order valence-electron chi connectivity index (χ4n) is 3.07. The number of nitrogens with zero attached hydrogens (tertiary/aromatic N) is 2. The van der Waals surface area contributed by atoms with Crippen LogP contribution < -0.4 is 11.1 Å². The first-order chi connectivity index (χ1) is 10.1. The predicted octanol–water partition coefficient (Wildman–Crippen LogP) is 0.404. The highest BCUT2D eigenvalue weighted by Gasteiger charge is 2.32. The third-order valence-electron chi connectivity index (χ3n) is 4.32. The van der Waals surface area contributed by atoms with Crippen LogP contribution in [0.5, 0.6) is 0 Å². The lowest BCUT2D eigenvalue weighted by atomic mass is 10.1. The average molecular weight is 367 g/mol. The first-order valence-electron chi connectivity index (χ1n) is 7.74. The molecule has 2 rings (SSSR count). The van der Waals surface area contributed by atoms with Crippen molar-refractivity contribution >= 4 is 36.6 Å². The van der Waals surface area contributed by atoms with Crippen molar-refractivity contribution < 1.29 is 9.59 Å². The Hall–Kier alpha value is -0.820. The number of hydrogen-bond donors (Lipinski definition) is 2. The first-order valence-corrected chi connectivity index (χ1v) is 7.74. The molecular formula is C15H28Cl2N4O2. The number of piperazine rings is 1. The number of nitrogens with one attached hydrogen (secondary N) is 1. The van der Waals surface area contributed by atoms with Crippen LogP contribution in [0.2, 0.25) is 0 Å². The molecule has 1 aliphatic heterocycles.